The lowest BCUT2D eigenvalue weighted by Crippen LogP contribution is -2.27. The Labute approximate surface area is 127 Å². The number of hydrogen-bond acceptors (Lipinski definition) is 2. The number of rotatable bonds is 9. The summed E-state index contributed by atoms with van der Waals surface area (Å²) in [6, 6.07) is 9.19. The first-order chi connectivity index (χ1) is 10.1. The smallest absolute Gasteiger partial charge is 0.251 e. The van der Waals surface area contributed by atoms with Crippen molar-refractivity contribution in [2.45, 2.75) is 39.5 Å². The Hall–Kier alpha value is -1.84. The van der Waals surface area contributed by atoms with Gasteiger partial charge in [-0.2, -0.15) is 0 Å². The van der Waals surface area contributed by atoms with E-state index in [1.807, 2.05) is 18.2 Å². The van der Waals surface area contributed by atoms with E-state index in [0.717, 1.165) is 25.8 Å². The van der Waals surface area contributed by atoms with Crippen molar-refractivity contribution in [2.75, 3.05) is 13.1 Å². The van der Waals surface area contributed by atoms with Crippen LogP contribution in [-0.2, 0) is 4.79 Å². The van der Waals surface area contributed by atoms with E-state index in [4.69, 9.17) is 0 Å². The van der Waals surface area contributed by atoms with Gasteiger partial charge in [0.1, 0.15) is 0 Å². The molecular formula is C17H26N2O2. The Morgan fingerprint density at radius 2 is 1.71 bits per heavy atom. The lowest BCUT2D eigenvalue weighted by atomic mass is 10.1. The first-order valence-electron chi connectivity index (χ1n) is 7.69. The number of amides is 2. The van der Waals surface area contributed by atoms with Gasteiger partial charge in [-0.1, -0.05) is 38.5 Å². The predicted octanol–water partition coefficient (Wildman–Crippen LogP) is 2.75. The summed E-state index contributed by atoms with van der Waals surface area (Å²) in [5.74, 6) is 0.574. The van der Waals surface area contributed by atoms with Gasteiger partial charge in [0, 0.05) is 25.1 Å². The van der Waals surface area contributed by atoms with Gasteiger partial charge in [-0.15, -0.1) is 0 Å². The minimum absolute atomic E-state index is 0.0368. The molecule has 116 valence electrons. The quantitative estimate of drug-likeness (QED) is 0.687. The lowest BCUT2D eigenvalue weighted by Gasteiger charge is -2.07. The zero-order chi connectivity index (χ0) is 15.5. The monoisotopic (exact) mass is 290 g/mol. The maximum Gasteiger partial charge on any atom is 0.251 e. The minimum Gasteiger partial charge on any atom is -0.356 e. The van der Waals surface area contributed by atoms with E-state index >= 15 is 0 Å². The van der Waals surface area contributed by atoms with Crippen LogP contribution in [-0.4, -0.2) is 24.9 Å². The Balaban J connectivity index is 2.02. The van der Waals surface area contributed by atoms with Crippen LogP contribution >= 0.6 is 0 Å². The van der Waals surface area contributed by atoms with Crippen molar-refractivity contribution < 1.29 is 9.59 Å². The largest absolute Gasteiger partial charge is 0.356 e. The number of unbranched alkanes of at least 4 members (excludes halogenated alkanes) is 2. The molecule has 0 saturated heterocycles. The number of carbonyl (C=O) groups is 2. The Morgan fingerprint density at radius 3 is 2.38 bits per heavy atom. The van der Waals surface area contributed by atoms with Gasteiger partial charge in [0.25, 0.3) is 5.91 Å². The summed E-state index contributed by atoms with van der Waals surface area (Å²) >= 11 is 0. The molecule has 1 aromatic carbocycles. The van der Waals surface area contributed by atoms with E-state index in [0.29, 0.717) is 24.4 Å². The van der Waals surface area contributed by atoms with Crippen molar-refractivity contribution in [2.24, 2.45) is 5.92 Å². The fourth-order valence-corrected chi connectivity index (χ4v) is 1.89. The minimum atomic E-state index is -0.0368. The van der Waals surface area contributed by atoms with Crippen LogP contribution in [0.2, 0.25) is 0 Å². The molecule has 0 radical (unpaired) electrons. The molecule has 0 unspecified atom stereocenters. The summed E-state index contributed by atoms with van der Waals surface area (Å²) in [6.45, 7) is 5.55. The average molecular weight is 290 g/mol. The molecule has 1 rings (SSSR count). The second-order valence-electron chi connectivity index (χ2n) is 5.63. The second-order valence-corrected chi connectivity index (χ2v) is 5.63. The highest BCUT2D eigenvalue weighted by Gasteiger charge is 2.04. The molecule has 0 fully saturated rings. The SMILES string of the molecule is CC(C)CNC(=O)CCCCCNC(=O)c1ccccc1. The van der Waals surface area contributed by atoms with E-state index in [2.05, 4.69) is 24.5 Å². The van der Waals surface area contributed by atoms with Crippen molar-refractivity contribution in [1.82, 2.24) is 10.6 Å². The van der Waals surface area contributed by atoms with Crippen molar-refractivity contribution in [3.05, 3.63) is 35.9 Å². The van der Waals surface area contributed by atoms with E-state index in [9.17, 15) is 9.59 Å². The van der Waals surface area contributed by atoms with Crippen molar-refractivity contribution in [3.8, 4) is 0 Å². The Morgan fingerprint density at radius 1 is 1.00 bits per heavy atom. The third kappa shape index (κ3) is 8.12. The summed E-state index contributed by atoms with van der Waals surface area (Å²) in [5.41, 5.74) is 0.686. The molecule has 0 bridgehead atoms. The predicted molar refractivity (Wildman–Crippen MR) is 85.1 cm³/mol. The van der Waals surface area contributed by atoms with Crippen LogP contribution in [0.4, 0.5) is 0 Å². The van der Waals surface area contributed by atoms with Gasteiger partial charge in [0.15, 0.2) is 0 Å². The molecule has 0 aromatic heterocycles. The van der Waals surface area contributed by atoms with Gasteiger partial charge in [-0.05, 0) is 30.9 Å². The van der Waals surface area contributed by atoms with E-state index in [1.165, 1.54) is 0 Å². The van der Waals surface area contributed by atoms with Crippen molar-refractivity contribution in [1.29, 1.82) is 0 Å². The second kappa shape index (κ2) is 9.97. The molecular weight excluding hydrogens is 264 g/mol. The van der Waals surface area contributed by atoms with Gasteiger partial charge >= 0.3 is 0 Å². The maximum absolute atomic E-state index is 11.8. The van der Waals surface area contributed by atoms with Crippen molar-refractivity contribution in [3.63, 3.8) is 0 Å². The first-order valence-corrected chi connectivity index (χ1v) is 7.69. The molecule has 4 heteroatoms. The standard InChI is InChI=1S/C17H26N2O2/c1-14(2)13-19-16(20)11-7-4-8-12-18-17(21)15-9-5-3-6-10-15/h3,5-6,9-10,14H,4,7-8,11-13H2,1-2H3,(H,18,21)(H,19,20). The Kier molecular flexibility index (Phi) is 8.17. The van der Waals surface area contributed by atoms with Crippen LogP contribution in [0, 0.1) is 5.92 Å². The van der Waals surface area contributed by atoms with Crippen molar-refractivity contribution >= 4 is 11.8 Å². The van der Waals surface area contributed by atoms with Gasteiger partial charge < -0.3 is 10.6 Å². The normalized spacial score (nSPS) is 10.4. The molecule has 1 aromatic rings. The van der Waals surface area contributed by atoms with Crippen LogP contribution in [0.25, 0.3) is 0 Å². The zero-order valence-electron chi connectivity index (χ0n) is 13.0. The van der Waals surface area contributed by atoms with Gasteiger partial charge in [0.2, 0.25) is 5.91 Å². The summed E-state index contributed by atoms with van der Waals surface area (Å²) in [5, 5.41) is 5.79. The summed E-state index contributed by atoms with van der Waals surface area (Å²) < 4.78 is 0. The van der Waals surface area contributed by atoms with E-state index < -0.39 is 0 Å². The highest BCUT2D eigenvalue weighted by molar-refractivity contribution is 5.94. The van der Waals surface area contributed by atoms with Crippen LogP contribution in [0.1, 0.15) is 49.9 Å². The fraction of sp³-hybridized carbons (Fsp3) is 0.529. The number of carbonyl (C=O) groups excluding carboxylic acids is 2. The van der Waals surface area contributed by atoms with Crippen LogP contribution in [0.5, 0.6) is 0 Å². The van der Waals surface area contributed by atoms with Crippen LogP contribution in [0.15, 0.2) is 30.3 Å². The molecule has 0 aliphatic carbocycles. The molecule has 0 heterocycles. The van der Waals surface area contributed by atoms with Gasteiger partial charge in [-0.25, -0.2) is 0 Å². The summed E-state index contributed by atoms with van der Waals surface area (Å²) in [6.07, 6.45) is 3.28. The molecule has 0 aliphatic rings. The molecule has 4 nitrogen and oxygen atoms in total. The number of nitrogens with one attached hydrogen (secondary N) is 2. The highest BCUT2D eigenvalue weighted by atomic mass is 16.2. The first kappa shape index (κ1) is 17.2. The third-order valence-electron chi connectivity index (χ3n) is 3.11. The highest BCUT2D eigenvalue weighted by Crippen LogP contribution is 2.01. The molecule has 0 saturated carbocycles. The number of benzene rings is 1. The zero-order valence-corrected chi connectivity index (χ0v) is 13.0. The third-order valence-corrected chi connectivity index (χ3v) is 3.11. The number of hydrogen-bond donors (Lipinski definition) is 2. The molecule has 2 N–H and O–H groups in total. The van der Waals surface area contributed by atoms with E-state index in [-0.39, 0.29) is 11.8 Å². The van der Waals surface area contributed by atoms with Gasteiger partial charge in [0.05, 0.1) is 0 Å². The molecule has 0 atom stereocenters. The van der Waals surface area contributed by atoms with Gasteiger partial charge in [-0.3, -0.25) is 9.59 Å². The fourth-order valence-electron chi connectivity index (χ4n) is 1.89. The van der Waals surface area contributed by atoms with Crippen LogP contribution in [0.3, 0.4) is 0 Å². The average Bonchev–Trinajstić information content (AvgIpc) is 2.49. The lowest BCUT2D eigenvalue weighted by molar-refractivity contribution is -0.121. The topological polar surface area (TPSA) is 58.2 Å². The summed E-state index contributed by atoms with van der Waals surface area (Å²) in [7, 11) is 0. The maximum atomic E-state index is 11.8. The molecule has 21 heavy (non-hydrogen) atoms. The van der Waals surface area contributed by atoms with E-state index in [1.54, 1.807) is 12.1 Å². The van der Waals surface area contributed by atoms with Crippen LogP contribution < -0.4 is 10.6 Å². The molecule has 0 spiro atoms. The Bertz CT molecular complexity index is 430. The molecule has 2 amide bonds. The molecule has 0 aliphatic heterocycles. The summed E-state index contributed by atoms with van der Waals surface area (Å²) in [4.78, 5) is 23.3.